The minimum atomic E-state index is -0.191. The Labute approximate surface area is 199 Å². The molecule has 0 bridgehead atoms. The van der Waals surface area contributed by atoms with Gasteiger partial charge in [0.1, 0.15) is 0 Å². The molecule has 162 valence electrons. The van der Waals surface area contributed by atoms with E-state index in [1.807, 2.05) is 6.07 Å². The molecule has 1 aliphatic rings. The van der Waals surface area contributed by atoms with Gasteiger partial charge in [-0.15, -0.1) is 10.2 Å². The van der Waals surface area contributed by atoms with Crippen LogP contribution in [0.25, 0.3) is 11.4 Å². The van der Waals surface area contributed by atoms with Gasteiger partial charge in [-0.2, -0.15) is 0 Å². The third-order valence-corrected chi connectivity index (χ3v) is 6.93. The summed E-state index contributed by atoms with van der Waals surface area (Å²) in [5.74, 6) is 0.681. The molecule has 0 saturated heterocycles. The lowest BCUT2D eigenvalue weighted by Gasteiger charge is -2.25. The van der Waals surface area contributed by atoms with Crippen molar-refractivity contribution in [3.8, 4) is 11.4 Å². The fraction of sp³-hybridized carbons (Fsp3) is 0.333. The Morgan fingerprint density at radius 3 is 2.68 bits per heavy atom. The number of hydrogen-bond donors (Lipinski definition) is 1. The zero-order valence-electron chi connectivity index (χ0n) is 16.5. The summed E-state index contributed by atoms with van der Waals surface area (Å²) in [6, 6.07) is 9.06. The molecule has 3 aromatic rings. The van der Waals surface area contributed by atoms with Gasteiger partial charge in [-0.1, -0.05) is 65.8 Å². The highest BCUT2D eigenvalue weighted by Gasteiger charge is 2.25. The maximum absolute atomic E-state index is 12.5. The van der Waals surface area contributed by atoms with Crippen LogP contribution in [0, 0.1) is 0 Å². The number of nitrogens with zero attached hydrogens (tertiary/aromatic N) is 4. The van der Waals surface area contributed by atoms with E-state index in [2.05, 4.69) is 25.1 Å². The van der Waals surface area contributed by atoms with Crippen LogP contribution in [-0.2, 0) is 4.79 Å². The number of hydrogen-bond acceptors (Lipinski definition) is 5. The first-order valence-corrected chi connectivity index (χ1v) is 12.1. The van der Waals surface area contributed by atoms with Crippen LogP contribution in [0.2, 0.25) is 15.2 Å². The number of anilines is 1. The molecule has 6 nitrogen and oxygen atoms in total. The Bertz CT molecular complexity index is 1080. The highest BCUT2D eigenvalue weighted by Crippen LogP contribution is 2.38. The van der Waals surface area contributed by atoms with E-state index in [9.17, 15) is 4.79 Å². The Kier molecular flexibility index (Phi) is 7.38. The van der Waals surface area contributed by atoms with E-state index in [-0.39, 0.29) is 22.9 Å². The maximum atomic E-state index is 12.5. The predicted octanol–water partition coefficient (Wildman–Crippen LogP) is 6.54. The summed E-state index contributed by atoms with van der Waals surface area (Å²) in [5, 5.41) is 13.7. The van der Waals surface area contributed by atoms with Crippen LogP contribution in [0.1, 0.15) is 38.1 Å². The minimum absolute atomic E-state index is 0.171. The van der Waals surface area contributed by atoms with Gasteiger partial charge in [-0.3, -0.25) is 9.36 Å². The topological polar surface area (TPSA) is 72.7 Å². The first-order valence-electron chi connectivity index (χ1n) is 9.96. The molecule has 0 spiro atoms. The van der Waals surface area contributed by atoms with E-state index in [0.717, 1.165) is 31.2 Å². The van der Waals surface area contributed by atoms with Crippen LogP contribution in [0.15, 0.2) is 41.7 Å². The minimum Gasteiger partial charge on any atom is -0.323 e. The van der Waals surface area contributed by atoms with Gasteiger partial charge < -0.3 is 5.32 Å². The number of benzene rings is 1. The highest BCUT2D eigenvalue weighted by atomic mass is 35.5. The summed E-state index contributed by atoms with van der Waals surface area (Å²) >= 11 is 19.9. The van der Waals surface area contributed by atoms with Crippen LogP contribution < -0.4 is 5.32 Å². The van der Waals surface area contributed by atoms with E-state index >= 15 is 0 Å². The number of carbonyl (C=O) groups excluding carboxylic acids is 1. The van der Waals surface area contributed by atoms with Crippen molar-refractivity contribution in [2.24, 2.45) is 0 Å². The van der Waals surface area contributed by atoms with Gasteiger partial charge in [0.05, 0.1) is 16.5 Å². The first-order chi connectivity index (χ1) is 15.0. The third-order valence-electron chi connectivity index (χ3n) is 5.14. The van der Waals surface area contributed by atoms with Crippen molar-refractivity contribution < 1.29 is 4.79 Å². The van der Waals surface area contributed by atoms with Crippen molar-refractivity contribution in [1.29, 1.82) is 0 Å². The molecule has 0 atom stereocenters. The molecule has 1 aromatic carbocycles. The van der Waals surface area contributed by atoms with Gasteiger partial charge >= 0.3 is 0 Å². The van der Waals surface area contributed by atoms with E-state index in [4.69, 9.17) is 34.8 Å². The average Bonchev–Trinajstić information content (AvgIpc) is 3.18. The lowest BCUT2D eigenvalue weighted by atomic mass is 9.95. The molecule has 1 aliphatic carbocycles. The number of pyridine rings is 1. The summed E-state index contributed by atoms with van der Waals surface area (Å²) < 4.78 is 2.13. The molecule has 0 unspecified atom stereocenters. The number of halogens is 3. The third kappa shape index (κ3) is 5.34. The fourth-order valence-corrected chi connectivity index (χ4v) is 5.16. The fourth-order valence-electron chi connectivity index (χ4n) is 3.69. The zero-order chi connectivity index (χ0) is 21.8. The molecule has 10 heteroatoms. The maximum Gasteiger partial charge on any atom is 0.234 e. The molecular weight excluding hydrogens is 477 g/mol. The van der Waals surface area contributed by atoms with E-state index in [1.54, 1.807) is 30.5 Å². The molecule has 2 heterocycles. The van der Waals surface area contributed by atoms with Crippen molar-refractivity contribution >= 4 is 58.2 Å². The quantitative estimate of drug-likeness (QED) is 0.310. The van der Waals surface area contributed by atoms with Crippen LogP contribution in [0.5, 0.6) is 0 Å². The summed E-state index contributed by atoms with van der Waals surface area (Å²) in [6.07, 6.45) is 7.19. The molecule has 0 radical (unpaired) electrons. The van der Waals surface area contributed by atoms with Crippen LogP contribution in [0.3, 0.4) is 0 Å². The van der Waals surface area contributed by atoms with Crippen molar-refractivity contribution in [3.05, 3.63) is 51.7 Å². The number of amides is 1. The molecule has 1 amide bonds. The molecule has 0 aliphatic heterocycles. The molecule has 1 N–H and O–H groups in total. The lowest BCUT2D eigenvalue weighted by Crippen LogP contribution is -2.17. The van der Waals surface area contributed by atoms with Crippen molar-refractivity contribution in [1.82, 2.24) is 19.7 Å². The summed E-state index contributed by atoms with van der Waals surface area (Å²) in [5.41, 5.74) is 1.26. The van der Waals surface area contributed by atoms with E-state index < -0.39 is 0 Å². The molecule has 31 heavy (non-hydrogen) atoms. The second-order valence-corrected chi connectivity index (χ2v) is 9.41. The lowest BCUT2D eigenvalue weighted by molar-refractivity contribution is -0.113. The van der Waals surface area contributed by atoms with Gasteiger partial charge in [0.15, 0.2) is 16.1 Å². The van der Waals surface area contributed by atoms with Crippen LogP contribution in [-0.4, -0.2) is 31.4 Å². The standard InChI is InChI=1S/C21H20Cl3N5OS/c22-13-8-9-15(16(23)11-13)20-27-28-21(29(20)14-5-2-1-3-6-14)31-12-18(30)26-17-7-4-10-25-19(17)24/h4,7-11,14H,1-3,5-6,12H2,(H,26,30). The second kappa shape index (κ2) is 10.2. The summed E-state index contributed by atoms with van der Waals surface area (Å²) in [6.45, 7) is 0. The molecular formula is C21H20Cl3N5OS. The zero-order valence-corrected chi connectivity index (χ0v) is 19.6. The van der Waals surface area contributed by atoms with Crippen molar-refractivity contribution in [3.63, 3.8) is 0 Å². The van der Waals surface area contributed by atoms with Crippen LogP contribution >= 0.6 is 46.6 Å². The second-order valence-electron chi connectivity index (χ2n) is 7.27. The Morgan fingerprint density at radius 1 is 1.13 bits per heavy atom. The SMILES string of the molecule is O=C(CSc1nnc(-c2ccc(Cl)cc2Cl)n1C1CCCCC1)Nc1cccnc1Cl. The number of aromatic nitrogens is 4. The normalized spacial score (nSPS) is 14.5. The molecule has 4 rings (SSSR count). The Hall–Kier alpha value is -1.80. The van der Waals surface area contributed by atoms with Gasteiger partial charge in [-0.25, -0.2) is 4.98 Å². The van der Waals surface area contributed by atoms with E-state index in [0.29, 0.717) is 26.7 Å². The van der Waals surface area contributed by atoms with Gasteiger partial charge in [0.25, 0.3) is 0 Å². The smallest absolute Gasteiger partial charge is 0.234 e. The number of rotatable bonds is 6. The first kappa shape index (κ1) is 22.4. The van der Waals surface area contributed by atoms with Gasteiger partial charge in [0.2, 0.25) is 5.91 Å². The van der Waals surface area contributed by atoms with Gasteiger partial charge in [-0.05, 0) is 43.2 Å². The average molecular weight is 497 g/mol. The number of nitrogens with one attached hydrogen (secondary N) is 1. The predicted molar refractivity (Wildman–Crippen MR) is 126 cm³/mol. The molecule has 1 fully saturated rings. The summed E-state index contributed by atoms with van der Waals surface area (Å²) in [4.78, 5) is 16.5. The monoisotopic (exact) mass is 495 g/mol. The molecule has 2 aromatic heterocycles. The number of carbonyl (C=O) groups is 1. The molecule has 1 saturated carbocycles. The number of thioether (sulfide) groups is 1. The van der Waals surface area contributed by atoms with Crippen molar-refractivity contribution in [2.75, 3.05) is 11.1 Å². The Morgan fingerprint density at radius 2 is 1.94 bits per heavy atom. The van der Waals surface area contributed by atoms with Crippen molar-refractivity contribution in [2.45, 2.75) is 43.3 Å². The van der Waals surface area contributed by atoms with E-state index in [1.165, 1.54) is 18.2 Å². The summed E-state index contributed by atoms with van der Waals surface area (Å²) in [7, 11) is 0. The van der Waals surface area contributed by atoms with Gasteiger partial charge in [0, 0.05) is 22.8 Å². The highest BCUT2D eigenvalue weighted by molar-refractivity contribution is 7.99. The van der Waals surface area contributed by atoms with Crippen LogP contribution in [0.4, 0.5) is 5.69 Å². The Balaban J connectivity index is 1.57. The largest absolute Gasteiger partial charge is 0.323 e.